The first kappa shape index (κ1) is 20.6. The second-order valence-electron chi connectivity index (χ2n) is 6.49. The molecule has 1 saturated heterocycles. The molecule has 1 fully saturated rings. The van der Waals surface area contributed by atoms with E-state index in [1.165, 1.54) is 6.92 Å². The Morgan fingerprint density at radius 3 is 2.25 bits per heavy atom. The molecule has 0 spiro atoms. The van der Waals surface area contributed by atoms with Gasteiger partial charge in [0.1, 0.15) is 11.2 Å². The summed E-state index contributed by atoms with van der Waals surface area (Å²) in [5.74, 6) is -1.63. The first-order valence-electron chi connectivity index (χ1n) is 8.92. The average Bonchev–Trinajstić information content (AvgIpc) is 2.54. The molecule has 1 aliphatic heterocycles. The highest BCUT2D eigenvalue weighted by Gasteiger charge is 2.54. The van der Waals surface area contributed by atoms with Gasteiger partial charge in [-0.15, -0.1) is 0 Å². The molecular weight excluding hydrogens is 310 g/mol. The van der Waals surface area contributed by atoms with Gasteiger partial charge in [0, 0.05) is 12.6 Å². The van der Waals surface area contributed by atoms with E-state index in [1.807, 2.05) is 6.92 Å². The van der Waals surface area contributed by atoms with Crippen molar-refractivity contribution in [1.29, 1.82) is 0 Å². The van der Waals surface area contributed by atoms with E-state index >= 15 is 0 Å². The highest BCUT2D eigenvalue weighted by Crippen LogP contribution is 2.39. The second kappa shape index (κ2) is 9.16. The Hall–Kier alpha value is -1.43. The lowest BCUT2D eigenvalue weighted by atomic mass is 9.70. The van der Waals surface area contributed by atoms with Gasteiger partial charge in [0.2, 0.25) is 0 Å². The Balaban J connectivity index is 3.20. The van der Waals surface area contributed by atoms with Crippen LogP contribution in [0.1, 0.15) is 53.9 Å². The van der Waals surface area contributed by atoms with Gasteiger partial charge >= 0.3 is 11.9 Å². The summed E-state index contributed by atoms with van der Waals surface area (Å²) in [6.45, 7) is 10.5. The van der Waals surface area contributed by atoms with Gasteiger partial charge in [-0.1, -0.05) is 13.3 Å². The minimum absolute atomic E-state index is 0.0718. The number of ketones is 1. The van der Waals surface area contributed by atoms with Crippen molar-refractivity contribution in [2.24, 2.45) is 11.3 Å². The van der Waals surface area contributed by atoms with Crippen molar-refractivity contribution >= 4 is 17.7 Å². The molecule has 0 aromatic heterocycles. The molecule has 1 rings (SSSR count). The van der Waals surface area contributed by atoms with Crippen LogP contribution in [0.5, 0.6) is 0 Å². The normalized spacial score (nSPS) is 27.5. The van der Waals surface area contributed by atoms with Crippen LogP contribution in [0.3, 0.4) is 0 Å². The quantitative estimate of drug-likeness (QED) is 0.498. The molecule has 0 bridgehead atoms. The van der Waals surface area contributed by atoms with Crippen molar-refractivity contribution in [3.63, 3.8) is 0 Å². The number of hydrogen-bond donors (Lipinski definition) is 0. The fourth-order valence-corrected chi connectivity index (χ4v) is 3.35. The first-order chi connectivity index (χ1) is 11.3. The van der Waals surface area contributed by atoms with E-state index < -0.39 is 17.3 Å². The van der Waals surface area contributed by atoms with Crippen LogP contribution in [0, 0.1) is 11.3 Å². The summed E-state index contributed by atoms with van der Waals surface area (Å²) in [6, 6.07) is -0.0718. The molecule has 0 amide bonds. The van der Waals surface area contributed by atoms with Gasteiger partial charge in [-0.05, 0) is 47.1 Å². The zero-order valence-corrected chi connectivity index (χ0v) is 15.6. The molecule has 3 atom stereocenters. The van der Waals surface area contributed by atoms with Gasteiger partial charge in [0.15, 0.2) is 0 Å². The minimum atomic E-state index is -1.28. The van der Waals surface area contributed by atoms with Crippen LogP contribution in [-0.2, 0) is 23.9 Å². The molecule has 0 saturated carbocycles. The molecule has 3 unspecified atom stereocenters. The van der Waals surface area contributed by atoms with Gasteiger partial charge in [-0.25, -0.2) is 0 Å². The molecule has 0 N–H and O–H groups in total. The monoisotopic (exact) mass is 341 g/mol. The molecule has 1 aliphatic rings. The lowest BCUT2D eigenvalue weighted by molar-refractivity contribution is -0.171. The largest absolute Gasteiger partial charge is 0.466 e. The van der Waals surface area contributed by atoms with Crippen LogP contribution in [0.25, 0.3) is 0 Å². The number of piperidine rings is 1. The van der Waals surface area contributed by atoms with Gasteiger partial charge in [0.05, 0.1) is 19.1 Å². The number of nitrogens with zero attached hydrogens (tertiary/aromatic N) is 1. The molecule has 0 aromatic carbocycles. The molecule has 6 nitrogen and oxygen atoms in total. The van der Waals surface area contributed by atoms with Crippen LogP contribution in [0.15, 0.2) is 0 Å². The van der Waals surface area contributed by atoms with Gasteiger partial charge in [-0.3, -0.25) is 19.3 Å². The van der Waals surface area contributed by atoms with Crippen molar-refractivity contribution < 1.29 is 23.9 Å². The number of likely N-dealkylation sites (tertiary alicyclic amines) is 1. The van der Waals surface area contributed by atoms with Crippen molar-refractivity contribution in [3.8, 4) is 0 Å². The van der Waals surface area contributed by atoms with E-state index in [2.05, 4.69) is 11.8 Å². The number of rotatable bonds is 8. The van der Waals surface area contributed by atoms with E-state index in [0.717, 1.165) is 19.4 Å². The summed E-state index contributed by atoms with van der Waals surface area (Å²) in [7, 11) is 0. The zero-order valence-electron chi connectivity index (χ0n) is 15.6. The topological polar surface area (TPSA) is 72.9 Å². The molecule has 0 aliphatic carbocycles. The fourth-order valence-electron chi connectivity index (χ4n) is 3.35. The van der Waals surface area contributed by atoms with Crippen LogP contribution in [-0.4, -0.2) is 55.0 Å². The number of carbonyl (C=O) groups excluding carboxylic acids is 3. The number of hydrogen-bond acceptors (Lipinski definition) is 6. The van der Waals surface area contributed by atoms with Crippen LogP contribution >= 0.6 is 0 Å². The zero-order chi connectivity index (χ0) is 18.3. The summed E-state index contributed by atoms with van der Waals surface area (Å²) < 4.78 is 10.4. The number of esters is 2. The lowest BCUT2D eigenvalue weighted by Crippen LogP contribution is -2.60. The van der Waals surface area contributed by atoms with Crippen molar-refractivity contribution in [1.82, 2.24) is 4.90 Å². The summed E-state index contributed by atoms with van der Waals surface area (Å²) in [4.78, 5) is 39.5. The Kier molecular flexibility index (Phi) is 7.87. The van der Waals surface area contributed by atoms with Gasteiger partial charge < -0.3 is 9.47 Å². The predicted molar refractivity (Wildman–Crippen MR) is 90.4 cm³/mol. The molecule has 24 heavy (non-hydrogen) atoms. The van der Waals surface area contributed by atoms with Crippen LogP contribution in [0.4, 0.5) is 0 Å². The molecule has 1 heterocycles. The summed E-state index contributed by atoms with van der Waals surface area (Å²) in [5.41, 5.74) is -1.28. The lowest BCUT2D eigenvalue weighted by Gasteiger charge is -2.46. The Morgan fingerprint density at radius 1 is 1.12 bits per heavy atom. The van der Waals surface area contributed by atoms with E-state index in [0.29, 0.717) is 6.54 Å². The molecule has 0 aromatic rings. The highest BCUT2D eigenvalue weighted by molar-refractivity contribution is 6.03. The van der Waals surface area contributed by atoms with Crippen molar-refractivity contribution in [2.75, 3.05) is 26.3 Å². The van der Waals surface area contributed by atoms with E-state index in [9.17, 15) is 14.4 Å². The first-order valence-corrected chi connectivity index (χ1v) is 8.92. The number of ether oxygens (including phenoxy) is 2. The number of carbonyl (C=O) groups is 3. The molecule has 6 heteroatoms. The number of unbranched alkanes of at least 4 members (excludes halogenated alkanes) is 1. The Morgan fingerprint density at radius 2 is 1.75 bits per heavy atom. The Bertz CT molecular complexity index is 464. The third-order valence-corrected chi connectivity index (χ3v) is 4.93. The maximum atomic E-state index is 12.6. The molecule has 138 valence electrons. The van der Waals surface area contributed by atoms with Gasteiger partial charge in [0.25, 0.3) is 0 Å². The maximum Gasteiger partial charge on any atom is 0.320 e. The number of Topliss-reactive ketones (excluding diaryl/α,β-unsaturated/α-hetero) is 1. The standard InChI is InChI=1S/C18H31NO5/c1-6-9-10-19-12-18(14(5)20,17(22)24-8-3)11-15(13(19)4)16(21)23-7-2/h13,15H,6-12H2,1-5H3. The van der Waals surface area contributed by atoms with E-state index in [-0.39, 0.29) is 37.4 Å². The van der Waals surface area contributed by atoms with Gasteiger partial charge in [-0.2, -0.15) is 0 Å². The van der Waals surface area contributed by atoms with Crippen LogP contribution < -0.4 is 0 Å². The SMILES string of the molecule is CCCCN1CC(C(C)=O)(C(=O)OCC)CC(C(=O)OCC)C1C. The maximum absolute atomic E-state index is 12.6. The smallest absolute Gasteiger partial charge is 0.320 e. The molecule has 0 radical (unpaired) electrons. The van der Waals surface area contributed by atoms with Crippen molar-refractivity contribution in [2.45, 2.75) is 59.9 Å². The Labute approximate surface area is 144 Å². The average molecular weight is 341 g/mol. The third-order valence-electron chi connectivity index (χ3n) is 4.93. The molecular formula is C18H31NO5. The van der Waals surface area contributed by atoms with Crippen molar-refractivity contribution in [3.05, 3.63) is 0 Å². The fraction of sp³-hybridized carbons (Fsp3) is 0.833. The second-order valence-corrected chi connectivity index (χ2v) is 6.49. The third kappa shape index (κ3) is 4.35. The summed E-state index contributed by atoms with van der Waals surface area (Å²) in [6.07, 6.45) is 2.10. The van der Waals surface area contributed by atoms with Crippen LogP contribution in [0.2, 0.25) is 0 Å². The highest BCUT2D eigenvalue weighted by atomic mass is 16.5. The summed E-state index contributed by atoms with van der Waals surface area (Å²) in [5, 5.41) is 0. The summed E-state index contributed by atoms with van der Waals surface area (Å²) >= 11 is 0. The van der Waals surface area contributed by atoms with E-state index in [4.69, 9.17) is 9.47 Å². The minimum Gasteiger partial charge on any atom is -0.466 e. The predicted octanol–water partition coefficient (Wildman–Crippen LogP) is 2.20. The van der Waals surface area contributed by atoms with E-state index in [1.54, 1.807) is 13.8 Å².